The first-order valence-electron chi connectivity index (χ1n) is 5.54. The number of nitrogens with two attached hydrogens (primary N) is 2. The fraction of sp³-hybridized carbons (Fsp3) is 0.250. The van der Waals surface area contributed by atoms with Crippen molar-refractivity contribution in [3.63, 3.8) is 0 Å². The van der Waals surface area contributed by atoms with Crippen LogP contribution < -0.4 is 16.2 Å². The molecule has 2 aromatic rings. The predicted molar refractivity (Wildman–Crippen MR) is 70.1 cm³/mol. The standard InChI is InChI=1S/C12H16N4O2/c1-18-9-4-2-8(3-5-9)11-10(13)12(14)16(15-11)6-7-17/h2-5,17H,6-7,13-14H2,1H3. The van der Waals surface area contributed by atoms with Gasteiger partial charge in [0.2, 0.25) is 0 Å². The molecule has 6 heteroatoms. The van der Waals surface area contributed by atoms with Crippen LogP contribution in [0.1, 0.15) is 0 Å². The topological polar surface area (TPSA) is 99.3 Å². The molecule has 0 bridgehead atoms. The molecule has 0 unspecified atom stereocenters. The van der Waals surface area contributed by atoms with E-state index in [1.54, 1.807) is 7.11 Å². The van der Waals surface area contributed by atoms with E-state index in [0.29, 0.717) is 23.7 Å². The number of methoxy groups -OCH3 is 1. The molecule has 18 heavy (non-hydrogen) atoms. The van der Waals surface area contributed by atoms with E-state index >= 15 is 0 Å². The molecule has 96 valence electrons. The van der Waals surface area contributed by atoms with Crippen LogP contribution in [0, 0.1) is 0 Å². The number of aliphatic hydroxyl groups is 1. The maximum absolute atomic E-state index is 8.91. The lowest BCUT2D eigenvalue weighted by Crippen LogP contribution is -2.08. The zero-order chi connectivity index (χ0) is 13.1. The number of ether oxygens (including phenoxy) is 1. The van der Waals surface area contributed by atoms with Crippen LogP contribution in [0.2, 0.25) is 0 Å². The summed E-state index contributed by atoms with van der Waals surface area (Å²) in [7, 11) is 1.61. The summed E-state index contributed by atoms with van der Waals surface area (Å²) in [5.41, 5.74) is 13.6. The summed E-state index contributed by atoms with van der Waals surface area (Å²) in [5.74, 6) is 1.13. The molecule has 0 atom stereocenters. The normalized spacial score (nSPS) is 10.6. The second-order valence-corrected chi connectivity index (χ2v) is 3.82. The van der Waals surface area contributed by atoms with Gasteiger partial charge in [-0.05, 0) is 24.3 Å². The number of aromatic nitrogens is 2. The lowest BCUT2D eigenvalue weighted by molar-refractivity contribution is 0.270. The van der Waals surface area contributed by atoms with Crippen molar-refractivity contribution >= 4 is 11.5 Å². The molecular formula is C12H16N4O2. The molecule has 1 aromatic heterocycles. The number of aliphatic hydroxyl groups excluding tert-OH is 1. The second kappa shape index (κ2) is 4.97. The van der Waals surface area contributed by atoms with Gasteiger partial charge in [-0.3, -0.25) is 0 Å². The van der Waals surface area contributed by atoms with Gasteiger partial charge in [0.25, 0.3) is 0 Å². The lowest BCUT2D eigenvalue weighted by atomic mass is 10.1. The lowest BCUT2D eigenvalue weighted by Gasteiger charge is -2.01. The van der Waals surface area contributed by atoms with Crippen LogP contribution in [0.4, 0.5) is 11.5 Å². The van der Waals surface area contributed by atoms with Crippen molar-refractivity contribution in [2.24, 2.45) is 0 Å². The average Bonchev–Trinajstić information content (AvgIpc) is 2.68. The number of rotatable bonds is 4. The Hall–Kier alpha value is -2.21. The first-order chi connectivity index (χ1) is 8.67. The number of hydrogen-bond donors (Lipinski definition) is 3. The van der Waals surface area contributed by atoms with Crippen molar-refractivity contribution in [3.8, 4) is 17.0 Å². The molecule has 1 aromatic carbocycles. The van der Waals surface area contributed by atoms with Crippen LogP contribution in [0.5, 0.6) is 5.75 Å². The Labute approximate surface area is 105 Å². The maximum atomic E-state index is 8.91. The summed E-state index contributed by atoms with van der Waals surface area (Å²) in [5, 5.41) is 13.2. The number of hydrogen-bond acceptors (Lipinski definition) is 5. The predicted octanol–water partition coefficient (Wildman–Crippen LogP) is 0.715. The minimum atomic E-state index is -0.0344. The Bertz CT molecular complexity index is 534. The Kier molecular flexibility index (Phi) is 3.38. The Morgan fingerprint density at radius 1 is 1.28 bits per heavy atom. The number of anilines is 2. The van der Waals surface area contributed by atoms with E-state index in [2.05, 4.69) is 5.10 Å². The van der Waals surface area contributed by atoms with E-state index in [9.17, 15) is 0 Å². The number of benzene rings is 1. The number of nitrogens with zero attached hydrogens (tertiary/aromatic N) is 2. The number of nitrogen functional groups attached to an aromatic ring is 2. The minimum absolute atomic E-state index is 0.0344. The van der Waals surface area contributed by atoms with Crippen LogP contribution >= 0.6 is 0 Å². The molecule has 0 fully saturated rings. The quantitative estimate of drug-likeness (QED) is 0.740. The zero-order valence-corrected chi connectivity index (χ0v) is 10.1. The highest BCUT2D eigenvalue weighted by molar-refractivity contribution is 5.80. The van der Waals surface area contributed by atoms with Gasteiger partial charge in [-0.15, -0.1) is 0 Å². The molecule has 1 heterocycles. The van der Waals surface area contributed by atoms with Crippen LogP contribution in [0.15, 0.2) is 24.3 Å². The first kappa shape index (κ1) is 12.3. The third kappa shape index (κ3) is 2.10. The molecule has 0 saturated heterocycles. The Morgan fingerprint density at radius 2 is 1.94 bits per heavy atom. The molecule has 0 spiro atoms. The molecule has 0 aliphatic carbocycles. The van der Waals surface area contributed by atoms with Crippen LogP contribution in [0.3, 0.4) is 0 Å². The van der Waals surface area contributed by atoms with E-state index in [4.69, 9.17) is 21.3 Å². The van der Waals surface area contributed by atoms with Gasteiger partial charge in [0.05, 0.1) is 20.3 Å². The zero-order valence-electron chi connectivity index (χ0n) is 10.1. The fourth-order valence-corrected chi connectivity index (χ4v) is 1.72. The minimum Gasteiger partial charge on any atom is -0.497 e. The maximum Gasteiger partial charge on any atom is 0.145 e. The molecule has 5 N–H and O–H groups in total. The summed E-state index contributed by atoms with van der Waals surface area (Å²) in [6.07, 6.45) is 0. The molecule has 0 aliphatic heterocycles. The third-order valence-corrected chi connectivity index (χ3v) is 2.71. The highest BCUT2D eigenvalue weighted by Crippen LogP contribution is 2.30. The van der Waals surface area contributed by atoms with Gasteiger partial charge in [-0.2, -0.15) is 5.10 Å². The monoisotopic (exact) mass is 248 g/mol. The summed E-state index contributed by atoms with van der Waals surface area (Å²) in [4.78, 5) is 0. The summed E-state index contributed by atoms with van der Waals surface area (Å²) in [6, 6.07) is 7.38. The van der Waals surface area contributed by atoms with Gasteiger partial charge < -0.3 is 21.3 Å². The van der Waals surface area contributed by atoms with Crippen LogP contribution in [0.25, 0.3) is 11.3 Å². The molecule has 0 radical (unpaired) electrons. The van der Waals surface area contributed by atoms with E-state index in [1.807, 2.05) is 24.3 Å². The largest absolute Gasteiger partial charge is 0.497 e. The molecule has 6 nitrogen and oxygen atoms in total. The van der Waals surface area contributed by atoms with Crippen molar-refractivity contribution in [2.45, 2.75) is 6.54 Å². The van der Waals surface area contributed by atoms with Gasteiger partial charge in [0, 0.05) is 5.56 Å². The van der Waals surface area contributed by atoms with Gasteiger partial charge in [0.1, 0.15) is 22.9 Å². The smallest absolute Gasteiger partial charge is 0.145 e. The molecular weight excluding hydrogens is 232 g/mol. The average molecular weight is 248 g/mol. The van der Waals surface area contributed by atoms with Crippen LogP contribution in [-0.4, -0.2) is 28.6 Å². The fourth-order valence-electron chi connectivity index (χ4n) is 1.72. The summed E-state index contributed by atoms with van der Waals surface area (Å²) < 4.78 is 6.58. The van der Waals surface area contributed by atoms with Crippen molar-refractivity contribution in [2.75, 3.05) is 25.2 Å². The van der Waals surface area contributed by atoms with Gasteiger partial charge in [-0.1, -0.05) is 0 Å². The Balaban J connectivity index is 2.40. The SMILES string of the molecule is COc1ccc(-c2nn(CCO)c(N)c2N)cc1. The molecule has 2 rings (SSSR count). The van der Waals surface area contributed by atoms with Crippen molar-refractivity contribution in [3.05, 3.63) is 24.3 Å². The molecule has 0 aliphatic rings. The Morgan fingerprint density at radius 3 is 2.50 bits per heavy atom. The summed E-state index contributed by atoms with van der Waals surface area (Å²) >= 11 is 0. The van der Waals surface area contributed by atoms with E-state index in [1.165, 1.54) is 4.68 Å². The highest BCUT2D eigenvalue weighted by atomic mass is 16.5. The van der Waals surface area contributed by atoms with Crippen LogP contribution in [-0.2, 0) is 6.54 Å². The first-order valence-corrected chi connectivity index (χ1v) is 5.54. The van der Waals surface area contributed by atoms with Gasteiger partial charge in [0.15, 0.2) is 0 Å². The van der Waals surface area contributed by atoms with E-state index < -0.39 is 0 Å². The van der Waals surface area contributed by atoms with Gasteiger partial charge >= 0.3 is 0 Å². The molecule has 0 saturated carbocycles. The van der Waals surface area contributed by atoms with Crippen molar-refractivity contribution in [1.82, 2.24) is 9.78 Å². The molecule has 0 amide bonds. The highest BCUT2D eigenvalue weighted by Gasteiger charge is 2.13. The van der Waals surface area contributed by atoms with Gasteiger partial charge in [-0.25, -0.2) is 4.68 Å². The van der Waals surface area contributed by atoms with Crippen molar-refractivity contribution in [1.29, 1.82) is 0 Å². The third-order valence-electron chi connectivity index (χ3n) is 2.71. The second-order valence-electron chi connectivity index (χ2n) is 3.82. The van der Waals surface area contributed by atoms with E-state index in [-0.39, 0.29) is 6.61 Å². The van der Waals surface area contributed by atoms with Crippen molar-refractivity contribution < 1.29 is 9.84 Å². The van der Waals surface area contributed by atoms with E-state index in [0.717, 1.165) is 11.3 Å². The summed E-state index contributed by atoms with van der Waals surface area (Å²) in [6.45, 7) is 0.291.